The molecule has 2 N–H and O–H groups in total. The highest BCUT2D eigenvalue weighted by Crippen LogP contribution is 2.10. The molecule has 0 spiro atoms. The highest BCUT2D eigenvalue weighted by atomic mass is 16.5. The summed E-state index contributed by atoms with van der Waals surface area (Å²) in [5, 5.41) is 6.16. The summed E-state index contributed by atoms with van der Waals surface area (Å²) >= 11 is 0. The van der Waals surface area contributed by atoms with Crippen molar-refractivity contribution in [2.75, 3.05) is 57.8 Å². The van der Waals surface area contributed by atoms with Gasteiger partial charge in [0.1, 0.15) is 0 Å². The van der Waals surface area contributed by atoms with Gasteiger partial charge in [0.15, 0.2) is 0 Å². The average molecular weight is 285 g/mol. The van der Waals surface area contributed by atoms with Crippen molar-refractivity contribution in [1.29, 1.82) is 0 Å². The summed E-state index contributed by atoms with van der Waals surface area (Å²) in [6.45, 7) is 5.18. The zero-order chi connectivity index (χ0) is 14.6. The first kappa shape index (κ1) is 16.4. The maximum absolute atomic E-state index is 5.34. The Labute approximate surface area is 119 Å². The summed E-state index contributed by atoms with van der Waals surface area (Å²) < 4.78 is 15.3. The minimum atomic E-state index is 0.279. The van der Waals surface area contributed by atoms with Crippen LogP contribution in [0.15, 0.2) is 0 Å². The van der Waals surface area contributed by atoms with Gasteiger partial charge in [0.05, 0.1) is 26.9 Å². The molecule has 0 amide bonds. The fourth-order valence-corrected chi connectivity index (χ4v) is 1.32. The average Bonchev–Trinajstić information content (AvgIpc) is 2.48. The minimum Gasteiger partial charge on any atom is -0.467 e. The van der Waals surface area contributed by atoms with Crippen molar-refractivity contribution < 1.29 is 14.2 Å². The quantitative estimate of drug-likeness (QED) is 0.576. The molecule has 0 unspecified atom stereocenters. The Bertz CT molecular complexity index is 378. The second-order valence-electron chi connectivity index (χ2n) is 3.93. The predicted molar refractivity (Wildman–Crippen MR) is 76.3 cm³/mol. The lowest BCUT2D eigenvalue weighted by atomic mass is 10.5. The van der Waals surface area contributed by atoms with Crippen LogP contribution in [-0.4, -0.2) is 62.1 Å². The topological polar surface area (TPSA) is 90.4 Å². The maximum atomic E-state index is 5.34. The van der Waals surface area contributed by atoms with Crippen LogP contribution in [0, 0.1) is 0 Å². The Balaban J connectivity index is 2.42. The summed E-state index contributed by atoms with van der Waals surface area (Å²) in [6.07, 6.45) is 0.990. The van der Waals surface area contributed by atoms with Gasteiger partial charge >= 0.3 is 6.01 Å². The lowest BCUT2D eigenvalue weighted by Crippen LogP contribution is -2.15. The zero-order valence-electron chi connectivity index (χ0n) is 12.3. The third-order valence-electron chi connectivity index (χ3n) is 2.29. The number of rotatable bonds is 11. The van der Waals surface area contributed by atoms with Crippen LogP contribution in [0.2, 0.25) is 0 Å². The molecular weight excluding hydrogens is 262 g/mol. The molecule has 1 aromatic heterocycles. The third kappa shape index (κ3) is 6.48. The molecule has 0 saturated carbocycles. The first-order valence-electron chi connectivity index (χ1n) is 6.64. The molecule has 0 aliphatic carbocycles. The van der Waals surface area contributed by atoms with E-state index in [-0.39, 0.29) is 6.01 Å². The van der Waals surface area contributed by atoms with Crippen molar-refractivity contribution in [2.24, 2.45) is 0 Å². The van der Waals surface area contributed by atoms with Crippen LogP contribution in [0.5, 0.6) is 6.01 Å². The lowest BCUT2D eigenvalue weighted by Gasteiger charge is -2.09. The molecule has 114 valence electrons. The van der Waals surface area contributed by atoms with E-state index in [1.807, 2.05) is 0 Å². The number of hydrogen-bond acceptors (Lipinski definition) is 8. The van der Waals surface area contributed by atoms with Gasteiger partial charge < -0.3 is 24.8 Å². The molecule has 1 aromatic rings. The van der Waals surface area contributed by atoms with E-state index in [1.54, 1.807) is 7.11 Å². The van der Waals surface area contributed by atoms with E-state index in [2.05, 4.69) is 32.5 Å². The Kier molecular flexibility index (Phi) is 8.32. The van der Waals surface area contributed by atoms with Crippen molar-refractivity contribution in [1.82, 2.24) is 15.0 Å². The summed E-state index contributed by atoms with van der Waals surface area (Å²) in [5.41, 5.74) is 0. The van der Waals surface area contributed by atoms with Gasteiger partial charge in [-0.15, -0.1) is 0 Å². The largest absolute Gasteiger partial charge is 0.467 e. The van der Waals surface area contributed by atoms with Crippen LogP contribution in [0.25, 0.3) is 0 Å². The van der Waals surface area contributed by atoms with E-state index < -0.39 is 0 Å². The number of methoxy groups -OCH3 is 2. The fraction of sp³-hybridized carbons (Fsp3) is 0.750. The van der Waals surface area contributed by atoms with E-state index in [9.17, 15) is 0 Å². The Hall–Kier alpha value is -1.67. The van der Waals surface area contributed by atoms with Gasteiger partial charge in [-0.3, -0.25) is 0 Å². The first-order chi connectivity index (χ1) is 9.80. The van der Waals surface area contributed by atoms with E-state index in [0.29, 0.717) is 38.3 Å². The highest BCUT2D eigenvalue weighted by molar-refractivity contribution is 5.35. The molecule has 0 aliphatic heterocycles. The number of ether oxygens (including phenoxy) is 3. The molecule has 1 rings (SSSR count). The minimum absolute atomic E-state index is 0.279. The van der Waals surface area contributed by atoms with Crippen LogP contribution in [0.1, 0.15) is 13.3 Å². The smallest absolute Gasteiger partial charge is 0.322 e. The van der Waals surface area contributed by atoms with Crippen molar-refractivity contribution >= 4 is 11.9 Å². The fourth-order valence-electron chi connectivity index (χ4n) is 1.32. The van der Waals surface area contributed by atoms with Crippen LogP contribution in [0.4, 0.5) is 11.9 Å². The first-order valence-corrected chi connectivity index (χ1v) is 6.64. The predicted octanol–water partition coefficient (Wildman–Crippen LogP) is 0.777. The van der Waals surface area contributed by atoms with E-state index >= 15 is 0 Å². The van der Waals surface area contributed by atoms with Gasteiger partial charge in [0.25, 0.3) is 0 Å². The molecule has 8 nitrogen and oxygen atoms in total. The molecule has 0 aromatic carbocycles. The molecule has 20 heavy (non-hydrogen) atoms. The van der Waals surface area contributed by atoms with Gasteiger partial charge in [-0.05, 0) is 6.42 Å². The second-order valence-corrected chi connectivity index (χ2v) is 3.93. The van der Waals surface area contributed by atoms with Crippen molar-refractivity contribution in [3.8, 4) is 6.01 Å². The van der Waals surface area contributed by atoms with E-state index in [0.717, 1.165) is 13.0 Å². The van der Waals surface area contributed by atoms with Crippen LogP contribution in [-0.2, 0) is 9.47 Å². The normalized spacial score (nSPS) is 10.3. The van der Waals surface area contributed by atoms with Gasteiger partial charge in [-0.1, -0.05) is 6.92 Å². The van der Waals surface area contributed by atoms with Crippen molar-refractivity contribution in [2.45, 2.75) is 13.3 Å². The summed E-state index contributed by atoms with van der Waals surface area (Å²) in [5.74, 6) is 0.965. The third-order valence-corrected chi connectivity index (χ3v) is 2.29. The lowest BCUT2D eigenvalue weighted by molar-refractivity contribution is 0.0758. The number of anilines is 2. The number of nitrogens with one attached hydrogen (secondary N) is 2. The van der Waals surface area contributed by atoms with Crippen molar-refractivity contribution in [3.05, 3.63) is 0 Å². The Morgan fingerprint density at radius 2 is 1.60 bits per heavy atom. The molecule has 0 saturated heterocycles. The summed E-state index contributed by atoms with van der Waals surface area (Å²) in [4.78, 5) is 12.5. The van der Waals surface area contributed by atoms with Gasteiger partial charge in [-0.25, -0.2) is 0 Å². The Morgan fingerprint density at radius 1 is 0.900 bits per heavy atom. The molecule has 8 heteroatoms. The van der Waals surface area contributed by atoms with E-state index in [4.69, 9.17) is 14.2 Å². The Morgan fingerprint density at radius 3 is 2.20 bits per heavy atom. The number of nitrogens with zero attached hydrogens (tertiary/aromatic N) is 3. The molecule has 0 aliphatic rings. The number of aromatic nitrogens is 3. The van der Waals surface area contributed by atoms with Crippen LogP contribution >= 0.6 is 0 Å². The maximum Gasteiger partial charge on any atom is 0.322 e. The van der Waals surface area contributed by atoms with Gasteiger partial charge in [-0.2, -0.15) is 15.0 Å². The molecule has 1 heterocycles. The number of hydrogen-bond donors (Lipinski definition) is 2. The monoisotopic (exact) mass is 285 g/mol. The van der Waals surface area contributed by atoms with Gasteiger partial charge in [0, 0.05) is 20.2 Å². The standard InChI is InChI=1S/C12H23N5O3/c1-4-5-13-10-15-11(17-12(16-10)19-3)14-6-7-20-9-8-18-2/h4-9H2,1-3H3,(H2,13,14,15,16,17). The van der Waals surface area contributed by atoms with E-state index in [1.165, 1.54) is 7.11 Å². The molecule has 0 atom stereocenters. The van der Waals surface area contributed by atoms with Crippen molar-refractivity contribution in [3.63, 3.8) is 0 Å². The van der Waals surface area contributed by atoms with Gasteiger partial charge in [0.2, 0.25) is 11.9 Å². The molecule has 0 radical (unpaired) electrons. The molecule has 0 bridgehead atoms. The SMILES string of the molecule is CCCNc1nc(NCCOCCOC)nc(OC)n1. The second kappa shape index (κ2) is 10.2. The molecule has 0 fully saturated rings. The molecular formula is C12H23N5O3. The summed E-state index contributed by atoms with van der Waals surface area (Å²) in [7, 11) is 3.17. The summed E-state index contributed by atoms with van der Waals surface area (Å²) in [6, 6.07) is 0.279. The zero-order valence-corrected chi connectivity index (χ0v) is 12.3. The van der Waals surface area contributed by atoms with Crippen LogP contribution in [0.3, 0.4) is 0 Å². The van der Waals surface area contributed by atoms with Crippen LogP contribution < -0.4 is 15.4 Å². The highest BCUT2D eigenvalue weighted by Gasteiger charge is 2.05.